The van der Waals surface area contributed by atoms with E-state index in [-0.39, 0.29) is 0 Å². The fourth-order valence-electron chi connectivity index (χ4n) is 0.0445. The molecule has 0 saturated heterocycles. The van der Waals surface area contributed by atoms with E-state index in [4.69, 9.17) is 9.32 Å². The van der Waals surface area contributed by atoms with E-state index in [0.717, 1.165) is 0 Å². The molecule has 6 heteroatoms. The Balaban J connectivity index is 0. The Morgan fingerprint density at radius 3 is 1.78 bits per heavy atom. The van der Waals surface area contributed by atoms with Gasteiger partial charge in [0.2, 0.25) is 0 Å². The zero-order valence-electron chi connectivity index (χ0n) is 5.10. The lowest BCUT2D eigenvalue weighted by Gasteiger charge is -1.72. The normalized spacial score (nSPS) is 8.00. The van der Waals surface area contributed by atoms with Crippen molar-refractivity contribution in [1.29, 1.82) is 0 Å². The van der Waals surface area contributed by atoms with Gasteiger partial charge in [0, 0.05) is 0 Å². The van der Waals surface area contributed by atoms with E-state index < -0.39 is 0 Å². The van der Waals surface area contributed by atoms with Crippen molar-refractivity contribution in [3.8, 4) is 0 Å². The van der Waals surface area contributed by atoms with Crippen LogP contribution in [0.25, 0.3) is 0 Å². The van der Waals surface area contributed by atoms with Crippen LogP contribution in [0.2, 0.25) is 0 Å². The highest BCUT2D eigenvalue weighted by Crippen LogP contribution is 1.61. The van der Waals surface area contributed by atoms with Gasteiger partial charge in [-0.1, -0.05) is 0 Å². The Kier molecular flexibility index (Phi) is 21.3. The fraction of sp³-hybridized carbons (Fsp3) is 1.00. The first kappa shape index (κ1) is 12.1. The van der Waals surface area contributed by atoms with Crippen LogP contribution in [0.15, 0.2) is 0 Å². The molecule has 0 radical (unpaired) electrons. The maximum absolute atomic E-state index is 9.17. The van der Waals surface area contributed by atoms with Crippen molar-refractivity contribution in [2.24, 2.45) is 0 Å². The molecule has 0 aliphatic rings. The number of hydrogen-bond donors (Lipinski definition) is 0. The van der Waals surface area contributed by atoms with Gasteiger partial charge < -0.3 is 9.32 Å². The first-order valence-electron chi connectivity index (χ1n) is 2.02. The number of halogens is 2. The molecule has 0 aromatic carbocycles. The second-order valence-electron chi connectivity index (χ2n) is 0.678. The molecule has 0 unspecified atom stereocenters. The molecule has 0 aromatic heterocycles. The summed E-state index contributed by atoms with van der Waals surface area (Å²) in [5.74, 6) is 0. The van der Waals surface area contributed by atoms with E-state index in [1.54, 1.807) is 6.92 Å². The number of rotatable bonds is 3. The van der Waals surface area contributed by atoms with E-state index in [9.17, 15) is 0 Å². The lowest BCUT2D eigenvalue weighted by molar-refractivity contribution is -1.27. The minimum Gasteiger partial charge on any atom is -0.506 e. The van der Waals surface area contributed by atoms with Gasteiger partial charge >= 0.3 is 22.7 Å². The van der Waals surface area contributed by atoms with Crippen LogP contribution in [0, 0.1) is 22.7 Å². The third-order valence-corrected chi connectivity index (χ3v) is 0.650. The second-order valence-corrected chi connectivity index (χ2v) is 1.46. The molecule has 9 heavy (non-hydrogen) atoms. The summed E-state index contributed by atoms with van der Waals surface area (Å²) in [6, 6.07) is 0. The summed E-state index contributed by atoms with van der Waals surface area (Å²) < 4.78 is 26.1. The summed E-state index contributed by atoms with van der Waals surface area (Å²) in [6.07, 6.45) is 0. The molecule has 0 spiro atoms. The van der Waals surface area contributed by atoms with Gasteiger partial charge in [0.05, 0.1) is 0 Å². The fourth-order valence-corrected chi connectivity index (χ4v) is 0.134. The average molecular weight is 179 g/mol. The molecular formula is C3H8Cl2O4. The van der Waals surface area contributed by atoms with Crippen LogP contribution in [-0.4, -0.2) is 13.7 Å². The monoisotopic (exact) mass is 178 g/mol. The summed E-state index contributed by atoms with van der Waals surface area (Å²) in [5, 5.41) is 0. The Labute approximate surface area is 61.9 Å². The second kappa shape index (κ2) is 15.8. The van der Waals surface area contributed by atoms with E-state index in [2.05, 4.69) is 8.58 Å². The van der Waals surface area contributed by atoms with Crippen molar-refractivity contribution in [2.45, 2.75) is 6.92 Å². The Bertz CT molecular complexity index is 33.0. The molecule has 0 rings (SSSR count). The summed E-state index contributed by atoms with van der Waals surface area (Å²) in [6.45, 7) is 2.22. The number of hydrogen-bond acceptors (Lipinski definition) is 4. The molecular weight excluding hydrogens is 171 g/mol. The molecule has 0 aromatic rings. The van der Waals surface area contributed by atoms with Crippen molar-refractivity contribution < 1.29 is 40.5 Å². The molecule has 0 N–H and O–H groups in total. The molecule has 0 aliphatic carbocycles. The molecule has 0 saturated carbocycles. The largest absolute Gasteiger partial charge is 0.506 e. The minimum absolute atomic E-state index is 0.465. The molecule has 0 heterocycles. The maximum atomic E-state index is 9.17. The molecule has 0 aliphatic heterocycles. The molecule has 4 nitrogen and oxygen atoms in total. The summed E-state index contributed by atoms with van der Waals surface area (Å²) >= 11 is 0.988. The molecule has 0 bridgehead atoms. The van der Waals surface area contributed by atoms with Crippen LogP contribution in [-0.2, 0) is 8.58 Å². The Hall–Kier alpha value is 0.420. The third-order valence-electron chi connectivity index (χ3n) is 0.217. The molecule has 0 amide bonds. The highest BCUT2D eigenvalue weighted by Gasteiger charge is 1.78. The van der Waals surface area contributed by atoms with Crippen molar-refractivity contribution >= 4 is 0 Å². The van der Waals surface area contributed by atoms with Crippen LogP contribution in [0.1, 0.15) is 6.92 Å². The van der Waals surface area contributed by atoms with Crippen LogP contribution in [0.5, 0.6) is 0 Å². The average Bonchev–Trinajstić information content (AvgIpc) is 1.91. The van der Waals surface area contributed by atoms with E-state index >= 15 is 0 Å². The lowest BCUT2D eigenvalue weighted by Crippen LogP contribution is -2.02. The van der Waals surface area contributed by atoms with Crippen molar-refractivity contribution in [2.75, 3.05) is 13.7 Å². The van der Waals surface area contributed by atoms with E-state index in [0.29, 0.717) is 29.3 Å². The smallest absolute Gasteiger partial charge is 0.330 e. The van der Waals surface area contributed by atoms with Crippen LogP contribution >= 0.6 is 0 Å². The zero-order valence-corrected chi connectivity index (χ0v) is 6.61. The van der Waals surface area contributed by atoms with E-state index in [1.807, 2.05) is 0 Å². The van der Waals surface area contributed by atoms with Gasteiger partial charge in [-0.15, -0.1) is 8.58 Å². The van der Waals surface area contributed by atoms with Crippen LogP contribution in [0.3, 0.4) is 0 Å². The van der Waals surface area contributed by atoms with Gasteiger partial charge in [-0.3, -0.25) is 0 Å². The van der Waals surface area contributed by atoms with Crippen LogP contribution in [0.4, 0.5) is 0 Å². The van der Waals surface area contributed by atoms with Crippen molar-refractivity contribution in [3.05, 3.63) is 0 Å². The first-order chi connectivity index (χ1) is 4.33. The molecule has 58 valence electrons. The van der Waals surface area contributed by atoms with Crippen LogP contribution < -0.4 is 9.32 Å². The molecule has 0 atom stereocenters. The minimum atomic E-state index is 0.465. The zero-order chi connectivity index (χ0) is 7.54. The highest BCUT2D eigenvalue weighted by atomic mass is 35.6. The van der Waals surface area contributed by atoms with Gasteiger partial charge in [-0.2, -0.15) is 0 Å². The quantitative estimate of drug-likeness (QED) is 0.513. The standard InChI is InChI=1S/C2H5ClO2.CH3ClO2/c1-2-5-3-4;1-4-2-3/h2H2,1H3;1H3. The summed E-state index contributed by atoms with van der Waals surface area (Å²) in [7, 11) is 1.31. The maximum Gasteiger partial charge on any atom is 0.330 e. The SMILES string of the molecule is CCO[Cl+][O-].CO[Cl+][O-]. The van der Waals surface area contributed by atoms with Gasteiger partial charge in [0.15, 0.2) is 0 Å². The van der Waals surface area contributed by atoms with Gasteiger partial charge in [0.25, 0.3) is 0 Å². The summed E-state index contributed by atoms with van der Waals surface area (Å²) in [4.78, 5) is 0. The topological polar surface area (TPSA) is 64.6 Å². The summed E-state index contributed by atoms with van der Waals surface area (Å²) in [5.41, 5.74) is 0. The lowest BCUT2D eigenvalue weighted by atomic mass is 10.9. The van der Waals surface area contributed by atoms with E-state index in [1.165, 1.54) is 7.11 Å². The van der Waals surface area contributed by atoms with Gasteiger partial charge in [-0.05, 0) is 6.92 Å². The molecule has 0 fully saturated rings. The first-order valence-corrected chi connectivity index (χ1v) is 3.26. The third kappa shape index (κ3) is 29.7. The Morgan fingerprint density at radius 2 is 1.78 bits per heavy atom. The van der Waals surface area contributed by atoms with Gasteiger partial charge in [-0.25, -0.2) is 0 Å². The predicted octanol–water partition coefficient (Wildman–Crippen LogP) is -1.79. The Morgan fingerprint density at radius 1 is 1.33 bits per heavy atom. The van der Waals surface area contributed by atoms with Crippen molar-refractivity contribution in [1.82, 2.24) is 0 Å². The predicted molar refractivity (Wildman–Crippen MR) is 18.6 cm³/mol. The van der Waals surface area contributed by atoms with Crippen molar-refractivity contribution in [3.63, 3.8) is 0 Å². The highest BCUT2D eigenvalue weighted by molar-refractivity contribution is 3.88. The van der Waals surface area contributed by atoms with Gasteiger partial charge in [0.1, 0.15) is 13.7 Å².